The first-order chi connectivity index (χ1) is 14.0. The maximum absolute atomic E-state index is 12.8. The third-order valence-electron chi connectivity index (χ3n) is 4.30. The summed E-state index contributed by atoms with van der Waals surface area (Å²) in [5.41, 5.74) is 1.25. The molecule has 1 heterocycles. The van der Waals surface area contributed by atoms with Crippen LogP contribution in [0.5, 0.6) is 11.5 Å². The molecule has 1 fully saturated rings. The fourth-order valence-electron chi connectivity index (χ4n) is 2.75. The molecule has 8 heteroatoms. The summed E-state index contributed by atoms with van der Waals surface area (Å²) in [6.07, 6.45) is 0.102. The molecule has 2 aromatic rings. The van der Waals surface area contributed by atoms with Crippen molar-refractivity contribution in [2.24, 2.45) is 4.99 Å². The van der Waals surface area contributed by atoms with E-state index in [4.69, 9.17) is 9.47 Å². The van der Waals surface area contributed by atoms with Gasteiger partial charge in [0.25, 0.3) is 0 Å². The van der Waals surface area contributed by atoms with Gasteiger partial charge in [-0.3, -0.25) is 14.5 Å². The number of para-hydroxylation sites is 2. The second-order valence-electron chi connectivity index (χ2n) is 6.27. The number of methoxy groups -OCH3 is 1. The molecular weight excluding hydrogens is 390 g/mol. The van der Waals surface area contributed by atoms with Crippen LogP contribution in [0.1, 0.15) is 13.3 Å². The Labute approximate surface area is 174 Å². The molecule has 1 aliphatic rings. The lowest BCUT2D eigenvalue weighted by atomic mass is 10.2. The minimum absolute atomic E-state index is 0.102. The van der Waals surface area contributed by atoms with E-state index in [2.05, 4.69) is 10.3 Å². The highest BCUT2D eigenvalue weighted by atomic mass is 32.2. The summed E-state index contributed by atoms with van der Waals surface area (Å²) in [7, 11) is 3.21. The van der Waals surface area contributed by atoms with Crippen molar-refractivity contribution in [2.45, 2.75) is 18.6 Å². The number of aliphatic imine (C=N–C) groups is 1. The molecule has 0 aliphatic carbocycles. The molecule has 3 rings (SSSR count). The number of carbonyl (C=O) groups excluding carboxylic acids is 2. The molecular formula is C21H23N3O4S. The standard InChI is InChI=1S/C21H23N3O4S/c1-4-28-15-11-9-14(10-12-15)22-21-24(2)19(25)13-18(29-21)20(26)23-16-7-5-6-8-17(16)27-3/h5-12,18H,4,13H2,1-3H3,(H,23,26)/t18-/m1/s1. The molecule has 1 N–H and O–H groups in total. The first kappa shape index (κ1) is 20.7. The maximum atomic E-state index is 12.8. The van der Waals surface area contributed by atoms with Gasteiger partial charge in [0.2, 0.25) is 11.8 Å². The van der Waals surface area contributed by atoms with E-state index in [0.717, 1.165) is 5.75 Å². The molecule has 0 saturated carbocycles. The van der Waals surface area contributed by atoms with Crippen molar-refractivity contribution in [3.05, 3.63) is 48.5 Å². The molecule has 1 aliphatic heterocycles. The lowest BCUT2D eigenvalue weighted by Crippen LogP contribution is -2.43. The van der Waals surface area contributed by atoms with Gasteiger partial charge in [-0.05, 0) is 43.3 Å². The quantitative estimate of drug-likeness (QED) is 0.781. The summed E-state index contributed by atoms with van der Waals surface area (Å²) in [4.78, 5) is 31.2. The SMILES string of the molecule is CCOc1ccc(N=C2S[C@@H](C(=O)Nc3ccccc3OC)CC(=O)N2C)cc1. The number of benzene rings is 2. The van der Waals surface area contributed by atoms with Crippen molar-refractivity contribution in [3.8, 4) is 11.5 Å². The van der Waals surface area contributed by atoms with Crippen molar-refractivity contribution in [1.29, 1.82) is 0 Å². The number of thioether (sulfide) groups is 1. The number of hydrogen-bond acceptors (Lipinski definition) is 6. The Kier molecular flexibility index (Phi) is 6.77. The minimum Gasteiger partial charge on any atom is -0.495 e. The zero-order chi connectivity index (χ0) is 20.8. The number of anilines is 1. The van der Waals surface area contributed by atoms with Crippen LogP contribution in [-0.4, -0.2) is 47.9 Å². The zero-order valence-electron chi connectivity index (χ0n) is 16.5. The fraction of sp³-hybridized carbons (Fsp3) is 0.286. The van der Waals surface area contributed by atoms with Crippen molar-refractivity contribution in [2.75, 3.05) is 26.1 Å². The monoisotopic (exact) mass is 413 g/mol. The van der Waals surface area contributed by atoms with Crippen molar-refractivity contribution >= 4 is 40.1 Å². The smallest absolute Gasteiger partial charge is 0.238 e. The van der Waals surface area contributed by atoms with Gasteiger partial charge in [-0.15, -0.1) is 0 Å². The Bertz CT molecular complexity index is 914. The third-order valence-corrected chi connectivity index (χ3v) is 5.54. The predicted octanol–water partition coefficient (Wildman–Crippen LogP) is 3.68. The molecule has 1 atom stereocenters. The van der Waals surface area contributed by atoms with E-state index < -0.39 is 5.25 Å². The minimum atomic E-state index is -0.579. The molecule has 7 nitrogen and oxygen atoms in total. The average Bonchev–Trinajstić information content (AvgIpc) is 2.73. The average molecular weight is 413 g/mol. The van der Waals surface area contributed by atoms with Crippen LogP contribution in [0.15, 0.2) is 53.5 Å². The Morgan fingerprint density at radius 3 is 2.66 bits per heavy atom. The molecule has 29 heavy (non-hydrogen) atoms. The Balaban J connectivity index is 1.76. The fourth-order valence-corrected chi connectivity index (χ4v) is 3.82. The first-order valence-electron chi connectivity index (χ1n) is 9.20. The number of hydrogen-bond donors (Lipinski definition) is 1. The van der Waals surface area contributed by atoms with Gasteiger partial charge in [0.05, 0.1) is 25.1 Å². The first-order valence-corrected chi connectivity index (χ1v) is 10.1. The molecule has 0 radical (unpaired) electrons. The van der Waals surface area contributed by atoms with Gasteiger partial charge >= 0.3 is 0 Å². The number of amides is 2. The summed E-state index contributed by atoms with van der Waals surface area (Å²) >= 11 is 1.26. The number of amidine groups is 1. The van der Waals surface area contributed by atoms with Crippen LogP contribution in [0.3, 0.4) is 0 Å². The van der Waals surface area contributed by atoms with Gasteiger partial charge in [-0.1, -0.05) is 23.9 Å². The number of rotatable bonds is 6. The van der Waals surface area contributed by atoms with Crippen molar-refractivity contribution < 1.29 is 19.1 Å². The molecule has 0 aromatic heterocycles. The Morgan fingerprint density at radius 2 is 1.97 bits per heavy atom. The molecule has 152 valence electrons. The second kappa shape index (κ2) is 9.47. The molecule has 2 aromatic carbocycles. The Hall–Kier alpha value is -3.00. The third kappa shape index (κ3) is 5.08. The van der Waals surface area contributed by atoms with Gasteiger partial charge in [-0.2, -0.15) is 0 Å². The van der Waals surface area contributed by atoms with E-state index in [-0.39, 0.29) is 18.2 Å². The van der Waals surface area contributed by atoms with E-state index in [9.17, 15) is 9.59 Å². The summed E-state index contributed by atoms with van der Waals surface area (Å²) < 4.78 is 10.7. The summed E-state index contributed by atoms with van der Waals surface area (Å²) in [5.74, 6) is 0.897. The van der Waals surface area contributed by atoms with Crippen LogP contribution in [0, 0.1) is 0 Å². The predicted molar refractivity (Wildman–Crippen MR) is 115 cm³/mol. The van der Waals surface area contributed by atoms with Crippen LogP contribution in [0.25, 0.3) is 0 Å². The number of carbonyl (C=O) groups is 2. The largest absolute Gasteiger partial charge is 0.495 e. The highest BCUT2D eigenvalue weighted by Crippen LogP contribution is 2.31. The molecule has 2 amide bonds. The maximum Gasteiger partial charge on any atom is 0.238 e. The highest BCUT2D eigenvalue weighted by molar-refractivity contribution is 8.15. The van der Waals surface area contributed by atoms with E-state index in [0.29, 0.717) is 28.9 Å². The van der Waals surface area contributed by atoms with Crippen LogP contribution >= 0.6 is 11.8 Å². The van der Waals surface area contributed by atoms with Gasteiger partial charge in [-0.25, -0.2) is 4.99 Å². The van der Waals surface area contributed by atoms with Crippen molar-refractivity contribution in [3.63, 3.8) is 0 Å². The topological polar surface area (TPSA) is 80.2 Å². The molecule has 0 bridgehead atoms. The van der Waals surface area contributed by atoms with E-state index in [1.807, 2.05) is 43.3 Å². The zero-order valence-corrected chi connectivity index (χ0v) is 17.4. The summed E-state index contributed by atoms with van der Waals surface area (Å²) in [6.45, 7) is 2.51. The lowest BCUT2D eigenvalue weighted by molar-refractivity contribution is -0.128. The molecule has 0 spiro atoms. The highest BCUT2D eigenvalue weighted by Gasteiger charge is 2.34. The van der Waals surface area contributed by atoms with Gasteiger partial charge in [0, 0.05) is 13.5 Å². The normalized spacial score (nSPS) is 17.9. The van der Waals surface area contributed by atoms with E-state index >= 15 is 0 Å². The molecule has 1 saturated heterocycles. The second-order valence-corrected chi connectivity index (χ2v) is 7.44. The summed E-state index contributed by atoms with van der Waals surface area (Å²) in [5, 5.41) is 2.74. The van der Waals surface area contributed by atoms with Gasteiger partial charge in [0.1, 0.15) is 16.7 Å². The van der Waals surface area contributed by atoms with E-state index in [1.165, 1.54) is 16.7 Å². The number of nitrogens with one attached hydrogen (secondary N) is 1. The number of ether oxygens (including phenoxy) is 2. The van der Waals surface area contributed by atoms with Crippen molar-refractivity contribution in [1.82, 2.24) is 4.90 Å². The lowest BCUT2D eigenvalue weighted by Gasteiger charge is -2.29. The van der Waals surface area contributed by atoms with Crippen LogP contribution in [-0.2, 0) is 9.59 Å². The van der Waals surface area contributed by atoms with Crippen LogP contribution < -0.4 is 14.8 Å². The van der Waals surface area contributed by atoms with Crippen LogP contribution in [0.4, 0.5) is 11.4 Å². The van der Waals surface area contributed by atoms with Crippen LogP contribution in [0.2, 0.25) is 0 Å². The summed E-state index contributed by atoms with van der Waals surface area (Å²) in [6, 6.07) is 14.4. The van der Waals surface area contributed by atoms with Gasteiger partial charge in [0.15, 0.2) is 5.17 Å². The molecule has 0 unspecified atom stereocenters. The Morgan fingerprint density at radius 1 is 1.24 bits per heavy atom. The van der Waals surface area contributed by atoms with E-state index in [1.54, 1.807) is 26.3 Å². The van der Waals surface area contributed by atoms with Gasteiger partial charge < -0.3 is 14.8 Å². The number of nitrogens with zero attached hydrogens (tertiary/aromatic N) is 2.